The first kappa shape index (κ1) is 19.4. The molecule has 0 aliphatic carbocycles. The second-order valence-electron chi connectivity index (χ2n) is 7.17. The van der Waals surface area contributed by atoms with Gasteiger partial charge in [0.2, 0.25) is 0 Å². The molecule has 0 bridgehead atoms. The van der Waals surface area contributed by atoms with Crippen LogP contribution in [0.15, 0.2) is 54.6 Å². The van der Waals surface area contributed by atoms with Gasteiger partial charge in [-0.1, -0.05) is 30.3 Å². The SMILES string of the molecule is CC(C)Oc1ccc(C(=O)N(Cc2ccccc2)[C@@H]2CCS(=O)(=O)C2)cc1. The number of amides is 1. The van der Waals surface area contributed by atoms with Crippen LogP contribution in [0.5, 0.6) is 5.75 Å². The zero-order valence-corrected chi connectivity index (χ0v) is 16.5. The van der Waals surface area contributed by atoms with Crippen molar-refractivity contribution in [3.05, 3.63) is 65.7 Å². The van der Waals surface area contributed by atoms with Crippen molar-refractivity contribution in [2.45, 2.75) is 39.0 Å². The fraction of sp³-hybridized carbons (Fsp3) is 0.381. The Balaban J connectivity index is 1.84. The lowest BCUT2D eigenvalue weighted by atomic mass is 10.1. The summed E-state index contributed by atoms with van der Waals surface area (Å²) in [7, 11) is -3.08. The van der Waals surface area contributed by atoms with Crippen molar-refractivity contribution in [3.63, 3.8) is 0 Å². The average Bonchev–Trinajstić information content (AvgIpc) is 3.00. The van der Waals surface area contributed by atoms with E-state index >= 15 is 0 Å². The normalized spacial score (nSPS) is 18.4. The van der Waals surface area contributed by atoms with Crippen LogP contribution in [0.1, 0.15) is 36.2 Å². The Kier molecular flexibility index (Phi) is 5.85. The molecule has 0 saturated carbocycles. The number of ether oxygens (including phenoxy) is 1. The van der Waals surface area contributed by atoms with Crippen LogP contribution in [0, 0.1) is 0 Å². The maximum Gasteiger partial charge on any atom is 0.254 e. The molecule has 1 saturated heterocycles. The predicted octanol–water partition coefficient (Wildman–Crippen LogP) is 3.30. The van der Waals surface area contributed by atoms with Crippen molar-refractivity contribution in [2.75, 3.05) is 11.5 Å². The van der Waals surface area contributed by atoms with Gasteiger partial charge in [-0.05, 0) is 50.1 Å². The molecule has 1 fully saturated rings. The molecule has 6 heteroatoms. The molecular formula is C21H25NO4S. The summed E-state index contributed by atoms with van der Waals surface area (Å²) >= 11 is 0. The van der Waals surface area contributed by atoms with E-state index in [0.717, 1.165) is 5.56 Å². The van der Waals surface area contributed by atoms with Crippen LogP contribution in [0.3, 0.4) is 0 Å². The zero-order valence-electron chi connectivity index (χ0n) is 15.7. The summed E-state index contributed by atoms with van der Waals surface area (Å²) in [6, 6.07) is 16.4. The Morgan fingerprint density at radius 1 is 1.11 bits per heavy atom. The van der Waals surface area contributed by atoms with E-state index in [1.807, 2.05) is 44.2 Å². The number of carbonyl (C=O) groups is 1. The van der Waals surface area contributed by atoms with Crippen molar-refractivity contribution in [3.8, 4) is 5.75 Å². The van der Waals surface area contributed by atoms with Crippen molar-refractivity contribution in [1.82, 2.24) is 4.90 Å². The van der Waals surface area contributed by atoms with Crippen LogP contribution < -0.4 is 4.74 Å². The summed E-state index contributed by atoms with van der Waals surface area (Å²) in [5, 5.41) is 0. The topological polar surface area (TPSA) is 63.7 Å². The molecule has 1 aliphatic rings. The Morgan fingerprint density at radius 2 is 1.78 bits per heavy atom. The molecule has 0 unspecified atom stereocenters. The smallest absolute Gasteiger partial charge is 0.254 e. The van der Waals surface area contributed by atoms with Crippen LogP contribution in [-0.2, 0) is 16.4 Å². The van der Waals surface area contributed by atoms with Crippen molar-refractivity contribution < 1.29 is 17.9 Å². The lowest BCUT2D eigenvalue weighted by Crippen LogP contribution is -2.40. The van der Waals surface area contributed by atoms with E-state index in [9.17, 15) is 13.2 Å². The summed E-state index contributed by atoms with van der Waals surface area (Å²) in [4.78, 5) is 14.9. The summed E-state index contributed by atoms with van der Waals surface area (Å²) in [5.41, 5.74) is 1.52. The largest absolute Gasteiger partial charge is 0.491 e. The molecular weight excluding hydrogens is 362 g/mol. The van der Waals surface area contributed by atoms with E-state index in [-0.39, 0.29) is 29.6 Å². The van der Waals surface area contributed by atoms with Gasteiger partial charge in [0.25, 0.3) is 5.91 Å². The molecule has 27 heavy (non-hydrogen) atoms. The minimum atomic E-state index is -3.08. The Hall–Kier alpha value is -2.34. The highest BCUT2D eigenvalue weighted by molar-refractivity contribution is 7.91. The Morgan fingerprint density at radius 3 is 2.33 bits per heavy atom. The van der Waals surface area contributed by atoms with Crippen molar-refractivity contribution in [2.24, 2.45) is 0 Å². The molecule has 3 rings (SSSR count). The zero-order chi connectivity index (χ0) is 19.4. The Labute approximate surface area is 160 Å². The molecule has 0 spiro atoms. The molecule has 1 atom stereocenters. The van der Waals surface area contributed by atoms with E-state index < -0.39 is 9.84 Å². The van der Waals surface area contributed by atoms with Crippen LogP contribution in [-0.4, -0.2) is 42.9 Å². The summed E-state index contributed by atoms with van der Waals surface area (Å²) in [5.74, 6) is 0.717. The van der Waals surface area contributed by atoms with Crippen LogP contribution in [0.2, 0.25) is 0 Å². The standard InChI is InChI=1S/C21H25NO4S/c1-16(2)26-20-10-8-18(9-11-20)21(23)22(14-17-6-4-3-5-7-17)19-12-13-27(24,25)15-19/h3-11,16,19H,12-15H2,1-2H3/t19-/m1/s1. The lowest BCUT2D eigenvalue weighted by Gasteiger charge is -2.28. The van der Waals surface area contributed by atoms with Gasteiger partial charge in [-0.3, -0.25) is 4.79 Å². The number of hydrogen-bond acceptors (Lipinski definition) is 4. The fourth-order valence-corrected chi connectivity index (χ4v) is 5.01. The van der Waals surface area contributed by atoms with Gasteiger partial charge in [0.05, 0.1) is 17.6 Å². The van der Waals surface area contributed by atoms with Crippen molar-refractivity contribution in [1.29, 1.82) is 0 Å². The van der Waals surface area contributed by atoms with E-state index in [4.69, 9.17) is 4.74 Å². The van der Waals surface area contributed by atoms with Gasteiger partial charge in [0.15, 0.2) is 9.84 Å². The van der Waals surface area contributed by atoms with Gasteiger partial charge in [0, 0.05) is 18.2 Å². The predicted molar refractivity (Wildman–Crippen MR) is 106 cm³/mol. The number of rotatable bonds is 6. The van der Waals surface area contributed by atoms with E-state index in [1.54, 1.807) is 29.2 Å². The van der Waals surface area contributed by atoms with E-state index in [1.165, 1.54) is 0 Å². The van der Waals surface area contributed by atoms with Gasteiger partial charge in [0.1, 0.15) is 5.75 Å². The number of benzene rings is 2. The van der Waals surface area contributed by atoms with Gasteiger partial charge in [-0.2, -0.15) is 0 Å². The average molecular weight is 388 g/mol. The number of hydrogen-bond donors (Lipinski definition) is 0. The van der Waals surface area contributed by atoms with Crippen LogP contribution >= 0.6 is 0 Å². The number of sulfone groups is 1. The van der Waals surface area contributed by atoms with Gasteiger partial charge in [-0.15, -0.1) is 0 Å². The molecule has 144 valence electrons. The second kappa shape index (κ2) is 8.13. The highest BCUT2D eigenvalue weighted by atomic mass is 32.2. The molecule has 0 aromatic heterocycles. The minimum absolute atomic E-state index is 0.0279. The van der Waals surface area contributed by atoms with E-state index in [2.05, 4.69) is 0 Å². The first-order valence-electron chi connectivity index (χ1n) is 9.16. The molecule has 1 aliphatic heterocycles. The van der Waals surface area contributed by atoms with Crippen LogP contribution in [0.4, 0.5) is 0 Å². The lowest BCUT2D eigenvalue weighted by molar-refractivity contribution is 0.0681. The highest BCUT2D eigenvalue weighted by Gasteiger charge is 2.35. The van der Waals surface area contributed by atoms with Gasteiger partial charge >= 0.3 is 0 Å². The third-order valence-electron chi connectivity index (χ3n) is 4.58. The summed E-state index contributed by atoms with van der Waals surface area (Å²) in [6.45, 7) is 4.28. The third-order valence-corrected chi connectivity index (χ3v) is 6.33. The first-order valence-corrected chi connectivity index (χ1v) is 11.0. The van der Waals surface area contributed by atoms with Gasteiger partial charge < -0.3 is 9.64 Å². The fourth-order valence-electron chi connectivity index (χ4n) is 3.28. The van der Waals surface area contributed by atoms with E-state index in [0.29, 0.717) is 24.3 Å². The maximum absolute atomic E-state index is 13.2. The van der Waals surface area contributed by atoms with Gasteiger partial charge in [-0.25, -0.2) is 8.42 Å². The maximum atomic E-state index is 13.2. The van der Waals surface area contributed by atoms with Crippen molar-refractivity contribution >= 4 is 15.7 Å². The molecule has 1 amide bonds. The molecule has 1 heterocycles. The minimum Gasteiger partial charge on any atom is -0.491 e. The molecule has 0 radical (unpaired) electrons. The summed E-state index contributed by atoms with van der Waals surface area (Å²) in [6.07, 6.45) is 0.542. The number of carbonyl (C=O) groups excluding carboxylic acids is 1. The molecule has 2 aromatic rings. The highest BCUT2D eigenvalue weighted by Crippen LogP contribution is 2.23. The first-order chi connectivity index (χ1) is 12.8. The third kappa shape index (κ3) is 5.10. The summed E-state index contributed by atoms with van der Waals surface area (Å²) < 4.78 is 29.5. The quantitative estimate of drug-likeness (QED) is 0.763. The Bertz CT molecular complexity index is 876. The molecule has 5 nitrogen and oxygen atoms in total. The van der Waals surface area contributed by atoms with Crippen LogP contribution in [0.25, 0.3) is 0 Å². The second-order valence-corrected chi connectivity index (χ2v) is 9.40. The molecule has 0 N–H and O–H groups in total. The monoisotopic (exact) mass is 387 g/mol. The molecule has 2 aromatic carbocycles. The number of nitrogens with zero attached hydrogens (tertiary/aromatic N) is 1.